The van der Waals surface area contributed by atoms with E-state index in [0.29, 0.717) is 21.3 Å². The Morgan fingerprint density at radius 2 is 1.65 bits per heavy atom. The van der Waals surface area contributed by atoms with Gasteiger partial charge in [0.25, 0.3) is 5.91 Å². The van der Waals surface area contributed by atoms with E-state index in [1.165, 1.54) is 12.1 Å². The Hall–Kier alpha value is -2.92. The third kappa shape index (κ3) is 4.95. The van der Waals surface area contributed by atoms with Crippen LogP contribution in [0.25, 0.3) is 0 Å². The van der Waals surface area contributed by atoms with Crippen molar-refractivity contribution in [3.63, 3.8) is 0 Å². The van der Waals surface area contributed by atoms with Crippen LogP contribution >= 0.6 is 23.2 Å². The summed E-state index contributed by atoms with van der Waals surface area (Å²) >= 11 is 11.5. The van der Waals surface area contributed by atoms with Gasteiger partial charge in [0.2, 0.25) is 0 Å². The molecule has 0 fully saturated rings. The fraction of sp³-hybridized carbons (Fsp3) is 0.238. The first kappa shape index (κ1) is 24.2. The highest BCUT2D eigenvalue weighted by Gasteiger charge is 2.47. The molecule has 4 rings (SSSR count). The van der Waals surface area contributed by atoms with Crippen LogP contribution in [0.15, 0.2) is 48.5 Å². The fourth-order valence-electron chi connectivity index (χ4n) is 3.64. The number of carbonyl (C=O) groups is 1. The largest absolute Gasteiger partial charge is 0.418 e. The van der Waals surface area contributed by atoms with Crippen molar-refractivity contribution in [3.8, 4) is 0 Å². The lowest BCUT2D eigenvalue weighted by Gasteiger charge is -2.33. The van der Waals surface area contributed by atoms with Crippen molar-refractivity contribution < 1.29 is 31.1 Å². The number of amides is 1. The molecule has 0 spiro atoms. The molecule has 0 bridgehead atoms. The van der Waals surface area contributed by atoms with Gasteiger partial charge in [0.05, 0.1) is 17.3 Å². The van der Waals surface area contributed by atoms with Crippen LogP contribution in [0.4, 0.5) is 37.8 Å². The van der Waals surface area contributed by atoms with Crippen LogP contribution < -0.4 is 10.6 Å². The lowest BCUT2D eigenvalue weighted by Crippen LogP contribution is -2.35. The molecule has 0 aliphatic carbocycles. The van der Waals surface area contributed by atoms with Crippen LogP contribution in [0.5, 0.6) is 0 Å². The molecule has 34 heavy (non-hydrogen) atoms. The Morgan fingerprint density at radius 3 is 2.26 bits per heavy atom. The smallest absolute Gasteiger partial charge is 0.363 e. The van der Waals surface area contributed by atoms with Crippen LogP contribution in [-0.4, -0.2) is 21.9 Å². The van der Waals surface area contributed by atoms with E-state index in [1.54, 1.807) is 12.1 Å². The van der Waals surface area contributed by atoms with Crippen molar-refractivity contribution in [2.24, 2.45) is 0 Å². The van der Waals surface area contributed by atoms with E-state index in [1.807, 2.05) is 0 Å². The molecule has 180 valence electrons. The molecule has 1 aromatic heterocycles. The number of rotatable bonds is 3. The summed E-state index contributed by atoms with van der Waals surface area (Å²) in [6, 6.07) is 7.18. The van der Waals surface area contributed by atoms with Crippen LogP contribution in [0.2, 0.25) is 10.0 Å². The monoisotopic (exact) mass is 522 g/mol. The van der Waals surface area contributed by atoms with Gasteiger partial charge in [0, 0.05) is 22.5 Å². The number of nitrogens with one attached hydrogen (secondary N) is 2. The average molecular weight is 523 g/mol. The molecular weight excluding hydrogens is 509 g/mol. The zero-order valence-corrected chi connectivity index (χ0v) is 18.3. The number of alkyl halides is 6. The molecule has 2 heterocycles. The lowest BCUT2D eigenvalue weighted by molar-refractivity contribution is -0.173. The molecule has 3 aromatic rings. The summed E-state index contributed by atoms with van der Waals surface area (Å²) < 4.78 is 81.9. The molecule has 2 atom stereocenters. The molecule has 1 aliphatic heterocycles. The SMILES string of the molecule is O=C(Nc1ccc(Cl)cc1C(F)(F)F)c1cc2n(n1)[C@@H](C(F)(F)F)C[C@H](c1ccc(Cl)cc1)N2. The van der Waals surface area contributed by atoms with Gasteiger partial charge in [0.1, 0.15) is 5.82 Å². The Bertz CT molecular complexity index is 1220. The van der Waals surface area contributed by atoms with Gasteiger partial charge in [-0.25, -0.2) is 4.68 Å². The number of nitrogens with zero attached hydrogens (tertiary/aromatic N) is 2. The molecule has 0 radical (unpaired) electrons. The Morgan fingerprint density at radius 1 is 1.00 bits per heavy atom. The standard InChI is InChI=1S/C21H14Cl2F6N4O/c22-11-3-1-10(2-4-11)15-8-17(21(27,28)29)33-18(30-15)9-16(32-33)19(34)31-14-6-5-12(23)7-13(14)20(24,25)26/h1-7,9,15,17,30H,8H2,(H,31,34)/t15-,17-/m1/s1. The van der Waals surface area contributed by atoms with Gasteiger partial charge in [0.15, 0.2) is 11.7 Å². The lowest BCUT2D eigenvalue weighted by atomic mass is 9.97. The van der Waals surface area contributed by atoms with Gasteiger partial charge in [-0.15, -0.1) is 0 Å². The van der Waals surface area contributed by atoms with Crippen LogP contribution in [0.1, 0.15) is 40.1 Å². The number of aromatic nitrogens is 2. The van der Waals surface area contributed by atoms with E-state index in [-0.39, 0.29) is 10.8 Å². The second-order valence-corrected chi connectivity index (χ2v) is 8.42. The van der Waals surface area contributed by atoms with Crippen molar-refractivity contribution in [2.75, 3.05) is 10.6 Å². The minimum absolute atomic E-state index is 0.106. The average Bonchev–Trinajstić information content (AvgIpc) is 3.17. The number of fused-ring (bicyclic) bond motifs is 1. The minimum Gasteiger partial charge on any atom is -0.363 e. The second kappa shape index (κ2) is 8.70. The molecule has 13 heteroatoms. The molecule has 2 aromatic carbocycles. The zero-order valence-electron chi connectivity index (χ0n) is 16.8. The van der Waals surface area contributed by atoms with Gasteiger partial charge >= 0.3 is 12.4 Å². The number of benzene rings is 2. The van der Waals surface area contributed by atoms with E-state index >= 15 is 0 Å². The van der Waals surface area contributed by atoms with E-state index in [9.17, 15) is 31.1 Å². The molecular formula is C21H14Cl2F6N4O. The van der Waals surface area contributed by atoms with Crippen molar-refractivity contribution >= 4 is 40.6 Å². The molecule has 0 unspecified atom stereocenters. The quantitative estimate of drug-likeness (QED) is 0.360. The molecule has 1 amide bonds. The number of anilines is 2. The summed E-state index contributed by atoms with van der Waals surface area (Å²) in [4.78, 5) is 12.6. The van der Waals surface area contributed by atoms with Gasteiger partial charge in [-0.2, -0.15) is 31.4 Å². The topological polar surface area (TPSA) is 59.0 Å². The van der Waals surface area contributed by atoms with Gasteiger partial charge in [-0.1, -0.05) is 35.3 Å². The maximum atomic E-state index is 13.8. The highest BCUT2D eigenvalue weighted by atomic mass is 35.5. The summed E-state index contributed by atoms with van der Waals surface area (Å²) in [5.74, 6) is -1.22. The fourth-order valence-corrected chi connectivity index (χ4v) is 3.94. The van der Waals surface area contributed by atoms with E-state index in [0.717, 1.165) is 18.2 Å². The summed E-state index contributed by atoms with van der Waals surface area (Å²) in [6.07, 6.45) is -9.94. The molecule has 0 saturated carbocycles. The van der Waals surface area contributed by atoms with E-state index in [4.69, 9.17) is 23.2 Å². The van der Waals surface area contributed by atoms with Crippen molar-refractivity contribution in [1.29, 1.82) is 0 Å². The van der Waals surface area contributed by atoms with E-state index in [2.05, 4.69) is 15.7 Å². The maximum absolute atomic E-state index is 13.8. The highest BCUT2D eigenvalue weighted by Crippen LogP contribution is 2.44. The van der Waals surface area contributed by atoms with E-state index < -0.39 is 53.7 Å². The zero-order chi connectivity index (χ0) is 24.8. The van der Waals surface area contributed by atoms with Gasteiger partial charge < -0.3 is 10.6 Å². The minimum atomic E-state index is -4.82. The number of hydrogen-bond donors (Lipinski definition) is 2. The van der Waals surface area contributed by atoms with Gasteiger partial charge in [-0.05, 0) is 35.9 Å². The summed E-state index contributed by atoms with van der Waals surface area (Å²) in [5, 5.41) is 8.90. The van der Waals surface area contributed by atoms with Crippen LogP contribution in [-0.2, 0) is 6.18 Å². The van der Waals surface area contributed by atoms with Crippen LogP contribution in [0, 0.1) is 0 Å². The maximum Gasteiger partial charge on any atom is 0.418 e. The Labute approximate surface area is 198 Å². The normalized spacial score (nSPS) is 18.2. The predicted molar refractivity (Wildman–Crippen MR) is 114 cm³/mol. The highest BCUT2D eigenvalue weighted by molar-refractivity contribution is 6.31. The summed E-state index contributed by atoms with van der Waals surface area (Å²) in [5.41, 5.74) is -1.76. The first-order valence-corrected chi connectivity index (χ1v) is 10.4. The third-order valence-corrected chi connectivity index (χ3v) is 5.72. The number of carbonyl (C=O) groups excluding carboxylic acids is 1. The number of halogens is 8. The first-order valence-electron chi connectivity index (χ1n) is 9.69. The Balaban J connectivity index is 1.66. The van der Waals surface area contributed by atoms with Gasteiger partial charge in [-0.3, -0.25) is 4.79 Å². The predicted octanol–water partition coefficient (Wildman–Crippen LogP) is 7.12. The van der Waals surface area contributed by atoms with Crippen LogP contribution in [0.3, 0.4) is 0 Å². The molecule has 2 N–H and O–H groups in total. The molecule has 1 aliphatic rings. The van der Waals surface area contributed by atoms with Crippen molar-refractivity contribution in [1.82, 2.24) is 9.78 Å². The number of hydrogen-bond acceptors (Lipinski definition) is 3. The molecule has 0 saturated heterocycles. The Kier molecular flexibility index (Phi) is 6.19. The third-order valence-electron chi connectivity index (χ3n) is 5.23. The molecule has 5 nitrogen and oxygen atoms in total. The summed E-state index contributed by atoms with van der Waals surface area (Å²) in [6.45, 7) is 0. The van der Waals surface area contributed by atoms with Crippen molar-refractivity contribution in [2.45, 2.75) is 30.9 Å². The first-order chi connectivity index (χ1) is 15.8. The van der Waals surface area contributed by atoms with Crippen molar-refractivity contribution in [3.05, 3.63) is 75.4 Å². The second-order valence-electron chi connectivity index (χ2n) is 7.54. The summed E-state index contributed by atoms with van der Waals surface area (Å²) in [7, 11) is 0.